The maximum Gasteiger partial charge on any atom is 0.120 e. The molecule has 1 aromatic rings. The number of benzene rings is 1. The van der Waals surface area contributed by atoms with Gasteiger partial charge in [0.2, 0.25) is 0 Å². The van der Waals surface area contributed by atoms with Crippen LogP contribution in [0.3, 0.4) is 0 Å². The number of ether oxygens (including phenoxy) is 1. The van der Waals surface area contributed by atoms with Gasteiger partial charge in [0, 0.05) is 43.5 Å². The number of nitrogens with two attached hydrogens (primary N) is 1. The summed E-state index contributed by atoms with van der Waals surface area (Å²) in [5.41, 5.74) is 8.43. The molecule has 2 N–H and O–H groups in total. The van der Waals surface area contributed by atoms with Crippen LogP contribution in [0.25, 0.3) is 0 Å². The quantitative estimate of drug-likeness (QED) is 0.901. The molecule has 4 nitrogen and oxygen atoms in total. The Morgan fingerprint density at radius 2 is 2.05 bits per heavy atom. The summed E-state index contributed by atoms with van der Waals surface area (Å²) in [6, 6.07) is 6.15. The summed E-state index contributed by atoms with van der Waals surface area (Å²) < 4.78 is 5.34. The molecule has 1 aliphatic heterocycles. The lowest BCUT2D eigenvalue weighted by Crippen LogP contribution is -2.57. The highest BCUT2D eigenvalue weighted by Gasteiger charge is 2.31. The summed E-state index contributed by atoms with van der Waals surface area (Å²) in [6.07, 6.45) is 0. The van der Waals surface area contributed by atoms with Crippen LogP contribution in [0, 0.1) is 0 Å². The second-order valence-corrected chi connectivity index (χ2v) is 5.85. The molecule has 0 bridgehead atoms. The first kappa shape index (κ1) is 14.2. The highest BCUT2D eigenvalue weighted by molar-refractivity contribution is 5.58. The predicted molar refractivity (Wildman–Crippen MR) is 79.8 cm³/mol. The van der Waals surface area contributed by atoms with Gasteiger partial charge in [0.05, 0.1) is 7.11 Å². The first-order valence-electron chi connectivity index (χ1n) is 6.81. The van der Waals surface area contributed by atoms with Crippen molar-refractivity contribution in [3.63, 3.8) is 0 Å². The molecule has 0 spiro atoms. The van der Waals surface area contributed by atoms with E-state index in [1.165, 1.54) is 11.3 Å². The van der Waals surface area contributed by atoms with Crippen molar-refractivity contribution < 1.29 is 4.74 Å². The number of rotatable bonds is 3. The third kappa shape index (κ3) is 2.85. The minimum absolute atomic E-state index is 0.174. The molecule has 19 heavy (non-hydrogen) atoms. The fourth-order valence-corrected chi connectivity index (χ4v) is 2.58. The number of hydrogen-bond acceptors (Lipinski definition) is 4. The van der Waals surface area contributed by atoms with Crippen molar-refractivity contribution in [3.8, 4) is 5.75 Å². The lowest BCUT2D eigenvalue weighted by molar-refractivity contribution is 0.139. The summed E-state index contributed by atoms with van der Waals surface area (Å²) >= 11 is 0. The monoisotopic (exact) mass is 263 g/mol. The van der Waals surface area contributed by atoms with Crippen LogP contribution < -0.4 is 15.4 Å². The van der Waals surface area contributed by atoms with Gasteiger partial charge in [-0.25, -0.2) is 0 Å². The molecule has 1 saturated heterocycles. The Balaban J connectivity index is 2.30. The van der Waals surface area contributed by atoms with Crippen LogP contribution in [0.4, 0.5) is 5.69 Å². The van der Waals surface area contributed by atoms with Crippen molar-refractivity contribution in [3.05, 3.63) is 23.8 Å². The van der Waals surface area contributed by atoms with Gasteiger partial charge < -0.3 is 15.4 Å². The van der Waals surface area contributed by atoms with E-state index in [-0.39, 0.29) is 5.54 Å². The normalized spacial score (nSPS) is 19.5. The highest BCUT2D eigenvalue weighted by atomic mass is 16.5. The van der Waals surface area contributed by atoms with Gasteiger partial charge in [0.25, 0.3) is 0 Å². The van der Waals surface area contributed by atoms with Gasteiger partial charge in [0.1, 0.15) is 5.75 Å². The van der Waals surface area contributed by atoms with E-state index < -0.39 is 0 Å². The Morgan fingerprint density at radius 3 is 2.63 bits per heavy atom. The average molecular weight is 263 g/mol. The van der Waals surface area contributed by atoms with Crippen LogP contribution in [0.2, 0.25) is 0 Å². The first-order valence-corrected chi connectivity index (χ1v) is 6.81. The molecule has 0 unspecified atom stereocenters. The molecular weight excluding hydrogens is 238 g/mol. The van der Waals surface area contributed by atoms with E-state index in [0.717, 1.165) is 25.4 Å². The van der Waals surface area contributed by atoms with Gasteiger partial charge in [-0.2, -0.15) is 0 Å². The lowest BCUT2D eigenvalue weighted by atomic mass is 9.98. The number of methoxy groups -OCH3 is 1. The van der Waals surface area contributed by atoms with Crippen LogP contribution >= 0.6 is 0 Å². The van der Waals surface area contributed by atoms with Crippen LogP contribution in [0.1, 0.15) is 19.4 Å². The zero-order chi connectivity index (χ0) is 14.0. The number of anilines is 1. The molecule has 0 aliphatic carbocycles. The minimum Gasteiger partial charge on any atom is -0.497 e. The van der Waals surface area contributed by atoms with E-state index in [9.17, 15) is 0 Å². The van der Waals surface area contributed by atoms with E-state index in [1.54, 1.807) is 7.11 Å². The Kier molecular flexibility index (Phi) is 4.02. The van der Waals surface area contributed by atoms with Crippen molar-refractivity contribution in [1.82, 2.24) is 4.90 Å². The van der Waals surface area contributed by atoms with Crippen molar-refractivity contribution in [1.29, 1.82) is 0 Å². The van der Waals surface area contributed by atoms with Crippen LogP contribution in [-0.2, 0) is 6.54 Å². The van der Waals surface area contributed by atoms with Gasteiger partial charge in [-0.3, -0.25) is 4.90 Å². The van der Waals surface area contributed by atoms with E-state index in [2.05, 4.69) is 42.8 Å². The van der Waals surface area contributed by atoms with Gasteiger partial charge in [0.15, 0.2) is 0 Å². The standard InChI is InChI=1S/C15H25N3O/c1-15(2)11-18(8-7-17(15)3)14-9-13(19-4)6-5-12(14)10-16/h5-6,9H,7-8,10-11,16H2,1-4H3. The van der Waals surface area contributed by atoms with Gasteiger partial charge >= 0.3 is 0 Å². The third-order valence-corrected chi connectivity index (χ3v) is 4.17. The van der Waals surface area contributed by atoms with Gasteiger partial charge in [-0.15, -0.1) is 0 Å². The zero-order valence-corrected chi connectivity index (χ0v) is 12.4. The highest BCUT2D eigenvalue weighted by Crippen LogP contribution is 2.30. The van der Waals surface area contributed by atoms with Crippen LogP contribution in [-0.4, -0.2) is 44.2 Å². The summed E-state index contributed by atoms with van der Waals surface area (Å²) in [5.74, 6) is 0.893. The zero-order valence-electron chi connectivity index (χ0n) is 12.4. The molecule has 0 saturated carbocycles. The van der Waals surface area contributed by atoms with Crippen LogP contribution in [0.5, 0.6) is 5.75 Å². The van der Waals surface area contributed by atoms with E-state index in [0.29, 0.717) is 6.54 Å². The fraction of sp³-hybridized carbons (Fsp3) is 0.600. The second-order valence-electron chi connectivity index (χ2n) is 5.85. The largest absolute Gasteiger partial charge is 0.497 e. The molecule has 106 valence electrons. The average Bonchev–Trinajstić information content (AvgIpc) is 2.41. The smallest absolute Gasteiger partial charge is 0.120 e. The molecule has 1 aliphatic rings. The molecule has 0 atom stereocenters. The number of hydrogen-bond donors (Lipinski definition) is 1. The second kappa shape index (κ2) is 5.39. The molecule has 1 heterocycles. The molecule has 0 amide bonds. The summed E-state index contributed by atoms with van der Waals surface area (Å²) in [4.78, 5) is 4.83. The summed E-state index contributed by atoms with van der Waals surface area (Å²) in [5, 5.41) is 0. The molecular formula is C15H25N3O. The fourth-order valence-electron chi connectivity index (χ4n) is 2.58. The topological polar surface area (TPSA) is 41.7 Å². The molecule has 0 aromatic heterocycles. The van der Waals surface area contributed by atoms with Gasteiger partial charge in [-0.05, 0) is 32.5 Å². The maximum atomic E-state index is 5.87. The molecule has 0 radical (unpaired) electrons. The Hall–Kier alpha value is -1.26. The van der Waals surface area contributed by atoms with E-state index in [4.69, 9.17) is 10.5 Å². The third-order valence-electron chi connectivity index (χ3n) is 4.17. The summed E-state index contributed by atoms with van der Waals surface area (Å²) in [6.45, 7) is 8.22. The van der Waals surface area contributed by atoms with E-state index in [1.807, 2.05) is 6.07 Å². The Morgan fingerprint density at radius 1 is 1.32 bits per heavy atom. The number of likely N-dealkylation sites (N-methyl/N-ethyl adjacent to an activating group) is 1. The van der Waals surface area contributed by atoms with Crippen molar-refractivity contribution >= 4 is 5.69 Å². The van der Waals surface area contributed by atoms with Crippen molar-refractivity contribution in [2.24, 2.45) is 5.73 Å². The first-order chi connectivity index (χ1) is 8.97. The SMILES string of the molecule is COc1ccc(CN)c(N2CCN(C)C(C)(C)C2)c1. The van der Waals surface area contributed by atoms with Crippen molar-refractivity contribution in [2.75, 3.05) is 38.7 Å². The van der Waals surface area contributed by atoms with Gasteiger partial charge in [-0.1, -0.05) is 6.07 Å². The van der Waals surface area contributed by atoms with E-state index >= 15 is 0 Å². The van der Waals surface area contributed by atoms with Crippen LogP contribution in [0.15, 0.2) is 18.2 Å². The Labute approximate surface area is 116 Å². The lowest BCUT2D eigenvalue weighted by Gasteiger charge is -2.46. The Bertz CT molecular complexity index is 445. The van der Waals surface area contributed by atoms with Crippen molar-refractivity contribution in [2.45, 2.75) is 25.9 Å². The molecule has 1 fully saturated rings. The molecule has 2 rings (SSSR count). The molecule has 1 aromatic carbocycles. The minimum atomic E-state index is 0.174. The summed E-state index contributed by atoms with van der Waals surface area (Å²) in [7, 11) is 3.89. The number of piperazine rings is 1. The number of nitrogens with zero attached hydrogens (tertiary/aromatic N) is 2. The predicted octanol–water partition coefficient (Wildman–Crippen LogP) is 1.68. The maximum absolute atomic E-state index is 5.87. The molecule has 4 heteroatoms.